The second-order valence-corrected chi connectivity index (χ2v) is 7.05. The number of piperidine rings is 1. The smallest absolute Gasteiger partial charge is 0.314 e. The van der Waals surface area contributed by atoms with E-state index in [-0.39, 0.29) is 31.8 Å². The fraction of sp³-hybridized carbons (Fsp3) is 0.556. The number of halogens is 2. The molecular formula is C18H23F2NO4. The van der Waals surface area contributed by atoms with Gasteiger partial charge in [-0.25, -0.2) is 8.78 Å². The lowest BCUT2D eigenvalue weighted by Gasteiger charge is -2.43. The first-order chi connectivity index (χ1) is 11.7. The SMILES string of the molecule is CC(C)CC[C@@]1(C(=O)O)CN(C(=O)c2cc(F)ccc2F)CC[C@H]1O. The second kappa shape index (κ2) is 7.47. The third-order valence-electron chi connectivity index (χ3n) is 4.82. The van der Waals surface area contributed by atoms with E-state index in [1.165, 1.54) is 4.90 Å². The number of carboxylic acids is 1. The summed E-state index contributed by atoms with van der Waals surface area (Å²) < 4.78 is 27.2. The van der Waals surface area contributed by atoms with Crippen LogP contribution in [0.4, 0.5) is 8.78 Å². The van der Waals surface area contributed by atoms with Gasteiger partial charge in [0.15, 0.2) is 0 Å². The van der Waals surface area contributed by atoms with Crippen LogP contribution in [0.15, 0.2) is 18.2 Å². The van der Waals surface area contributed by atoms with Crippen LogP contribution < -0.4 is 0 Å². The molecule has 2 atom stereocenters. The van der Waals surface area contributed by atoms with E-state index in [2.05, 4.69) is 0 Å². The van der Waals surface area contributed by atoms with E-state index in [1.807, 2.05) is 13.8 Å². The molecule has 0 aliphatic carbocycles. The summed E-state index contributed by atoms with van der Waals surface area (Å²) in [5, 5.41) is 20.0. The lowest BCUT2D eigenvalue weighted by Crippen LogP contribution is -2.57. The number of nitrogens with zero attached hydrogens (tertiary/aromatic N) is 1. The number of carbonyl (C=O) groups is 2. The molecule has 0 saturated carbocycles. The Balaban J connectivity index is 2.29. The van der Waals surface area contributed by atoms with Gasteiger partial charge in [0, 0.05) is 13.1 Å². The minimum absolute atomic E-state index is 0.0765. The molecule has 1 heterocycles. The summed E-state index contributed by atoms with van der Waals surface area (Å²) in [7, 11) is 0. The van der Waals surface area contributed by atoms with Crippen molar-refractivity contribution in [1.82, 2.24) is 4.90 Å². The molecule has 0 spiro atoms. The molecule has 1 aliphatic heterocycles. The van der Waals surface area contributed by atoms with Crippen molar-refractivity contribution in [1.29, 1.82) is 0 Å². The zero-order valence-corrected chi connectivity index (χ0v) is 14.3. The lowest BCUT2D eigenvalue weighted by atomic mass is 9.72. The summed E-state index contributed by atoms with van der Waals surface area (Å²) >= 11 is 0. The molecule has 1 aromatic rings. The predicted molar refractivity (Wildman–Crippen MR) is 87.0 cm³/mol. The molecule has 0 radical (unpaired) electrons. The third kappa shape index (κ3) is 3.98. The first-order valence-electron chi connectivity index (χ1n) is 8.33. The highest BCUT2D eigenvalue weighted by molar-refractivity contribution is 5.95. The van der Waals surface area contributed by atoms with Crippen LogP contribution in [0, 0.1) is 23.0 Å². The Kier molecular flexibility index (Phi) is 5.77. The number of aliphatic hydroxyl groups excluding tert-OH is 1. The van der Waals surface area contributed by atoms with Gasteiger partial charge in [0.2, 0.25) is 0 Å². The number of hydrogen-bond donors (Lipinski definition) is 2. The predicted octanol–water partition coefficient (Wildman–Crippen LogP) is 2.68. The van der Waals surface area contributed by atoms with Crippen LogP contribution in [0.5, 0.6) is 0 Å². The molecule has 2 N–H and O–H groups in total. The zero-order valence-electron chi connectivity index (χ0n) is 14.3. The average molecular weight is 355 g/mol. The highest BCUT2D eigenvalue weighted by atomic mass is 19.1. The maximum absolute atomic E-state index is 13.9. The van der Waals surface area contributed by atoms with Gasteiger partial charge in [0.1, 0.15) is 17.0 Å². The number of aliphatic hydroxyl groups is 1. The molecule has 0 unspecified atom stereocenters. The Morgan fingerprint density at radius 3 is 2.64 bits per heavy atom. The van der Waals surface area contributed by atoms with Crippen LogP contribution in [-0.2, 0) is 4.79 Å². The minimum atomic E-state index is -1.50. The van der Waals surface area contributed by atoms with Crippen molar-refractivity contribution in [3.8, 4) is 0 Å². The lowest BCUT2D eigenvalue weighted by molar-refractivity contribution is -0.163. The van der Waals surface area contributed by atoms with Crippen molar-refractivity contribution in [2.75, 3.05) is 13.1 Å². The van der Waals surface area contributed by atoms with E-state index < -0.39 is 40.6 Å². The topological polar surface area (TPSA) is 77.8 Å². The summed E-state index contributed by atoms with van der Waals surface area (Å²) in [6.07, 6.45) is -0.242. The van der Waals surface area contributed by atoms with Crippen LogP contribution in [0.25, 0.3) is 0 Å². The minimum Gasteiger partial charge on any atom is -0.481 e. The van der Waals surface area contributed by atoms with E-state index >= 15 is 0 Å². The van der Waals surface area contributed by atoms with Crippen molar-refractivity contribution >= 4 is 11.9 Å². The van der Waals surface area contributed by atoms with Crippen LogP contribution in [0.2, 0.25) is 0 Å². The number of rotatable bonds is 5. The molecule has 0 bridgehead atoms. The molecule has 7 heteroatoms. The fourth-order valence-electron chi connectivity index (χ4n) is 3.19. The van der Waals surface area contributed by atoms with E-state index in [1.54, 1.807) is 0 Å². The maximum Gasteiger partial charge on any atom is 0.314 e. The van der Waals surface area contributed by atoms with Crippen LogP contribution >= 0.6 is 0 Å². The summed E-state index contributed by atoms with van der Waals surface area (Å²) in [4.78, 5) is 25.7. The van der Waals surface area contributed by atoms with Crippen LogP contribution in [0.1, 0.15) is 43.5 Å². The van der Waals surface area contributed by atoms with Gasteiger partial charge in [0.25, 0.3) is 5.91 Å². The van der Waals surface area contributed by atoms with Gasteiger partial charge >= 0.3 is 5.97 Å². The summed E-state index contributed by atoms with van der Waals surface area (Å²) in [6.45, 7) is 3.74. The first kappa shape index (κ1) is 19.3. The van der Waals surface area contributed by atoms with Gasteiger partial charge in [-0.15, -0.1) is 0 Å². The largest absolute Gasteiger partial charge is 0.481 e. The van der Waals surface area contributed by atoms with E-state index in [9.17, 15) is 28.6 Å². The van der Waals surface area contributed by atoms with Gasteiger partial charge in [-0.3, -0.25) is 9.59 Å². The second-order valence-electron chi connectivity index (χ2n) is 7.05. The van der Waals surface area contributed by atoms with Crippen LogP contribution in [-0.4, -0.2) is 46.2 Å². The van der Waals surface area contributed by atoms with Gasteiger partial charge in [-0.2, -0.15) is 0 Å². The number of aliphatic carboxylic acids is 1. The number of amides is 1. The third-order valence-corrected chi connectivity index (χ3v) is 4.82. The molecule has 1 amide bonds. The Bertz CT molecular complexity index is 664. The van der Waals surface area contributed by atoms with Gasteiger partial charge < -0.3 is 15.1 Å². The number of carbonyl (C=O) groups excluding carboxylic acids is 1. The van der Waals surface area contributed by atoms with Crippen molar-refractivity contribution < 1.29 is 28.6 Å². The maximum atomic E-state index is 13.9. The van der Waals surface area contributed by atoms with Crippen molar-refractivity contribution in [3.63, 3.8) is 0 Å². The summed E-state index contributed by atoms with van der Waals surface area (Å²) in [6, 6.07) is 2.58. The van der Waals surface area contributed by atoms with E-state index in [0.29, 0.717) is 6.42 Å². The normalized spacial score (nSPS) is 23.8. The van der Waals surface area contributed by atoms with Gasteiger partial charge in [0.05, 0.1) is 11.7 Å². The van der Waals surface area contributed by atoms with Crippen molar-refractivity contribution in [2.45, 2.75) is 39.2 Å². The molecule has 2 rings (SSSR count). The highest BCUT2D eigenvalue weighted by Gasteiger charge is 2.50. The van der Waals surface area contributed by atoms with Crippen molar-refractivity contribution in [3.05, 3.63) is 35.4 Å². The number of carboxylic acid groups (broad SMARTS) is 1. The quantitative estimate of drug-likeness (QED) is 0.851. The molecule has 1 aliphatic rings. The molecule has 1 aromatic carbocycles. The van der Waals surface area contributed by atoms with E-state index in [4.69, 9.17) is 0 Å². The summed E-state index contributed by atoms with van der Waals surface area (Å²) in [5.41, 5.74) is -1.93. The standard InChI is InChI=1S/C18H23F2NO4/c1-11(2)5-7-18(17(24)25)10-21(8-6-15(18)22)16(23)13-9-12(19)3-4-14(13)20/h3-4,9,11,15,22H,5-8,10H2,1-2H3,(H,24,25)/t15-,18-/m1/s1. The molecular weight excluding hydrogens is 332 g/mol. The first-order valence-corrected chi connectivity index (χ1v) is 8.33. The molecule has 1 saturated heterocycles. The highest BCUT2D eigenvalue weighted by Crippen LogP contribution is 2.37. The Hall–Kier alpha value is -2.02. The summed E-state index contributed by atoms with van der Waals surface area (Å²) in [5.74, 6) is -3.32. The monoisotopic (exact) mass is 355 g/mol. The Morgan fingerprint density at radius 1 is 1.36 bits per heavy atom. The van der Waals surface area contributed by atoms with Crippen LogP contribution in [0.3, 0.4) is 0 Å². The molecule has 1 fully saturated rings. The zero-order chi connectivity index (χ0) is 18.8. The average Bonchev–Trinajstić information content (AvgIpc) is 2.55. The van der Waals surface area contributed by atoms with Crippen molar-refractivity contribution in [2.24, 2.45) is 11.3 Å². The molecule has 25 heavy (non-hydrogen) atoms. The van der Waals surface area contributed by atoms with Gasteiger partial charge in [-0.1, -0.05) is 13.8 Å². The molecule has 138 valence electrons. The number of likely N-dealkylation sites (tertiary alicyclic amines) is 1. The van der Waals surface area contributed by atoms with E-state index in [0.717, 1.165) is 18.2 Å². The van der Waals surface area contributed by atoms with Gasteiger partial charge in [-0.05, 0) is 43.4 Å². The Labute approximate surface area is 145 Å². The number of hydrogen-bond acceptors (Lipinski definition) is 3. The molecule has 0 aromatic heterocycles. The fourth-order valence-corrected chi connectivity index (χ4v) is 3.19. The Morgan fingerprint density at radius 2 is 2.04 bits per heavy atom. The molecule has 5 nitrogen and oxygen atoms in total. The number of benzene rings is 1.